The highest BCUT2D eigenvalue weighted by Gasteiger charge is 2.08. The highest BCUT2D eigenvalue weighted by molar-refractivity contribution is 7.11. The Bertz CT molecular complexity index is 724. The van der Waals surface area contributed by atoms with Crippen LogP contribution in [0.1, 0.15) is 47.3 Å². The molecule has 1 atom stereocenters. The molecular weight excluding hydrogens is 356 g/mol. The molecule has 6 heteroatoms. The molecule has 2 N–H and O–H groups in total. The van der Waals surface area contributed by atoms with E-state index in [9.17, 15) is 0 Å². The van der Waals surface area contributed by atoms with Gasteiger partial charge in [-0.2, -0.15) is 0 Å². The monoisotopic (exact) mass is 388 g/mol. The van der Waals surface area contributed by atoms with Gasteiger partial charge in [0.05, 0.1) is 17.8 Å². The van der Waals surface area contributed by atoms with E-state index in [4.69, 9.17) is 9.72 Å². The number of methoxy groups -OCH3 is 1. The summed E-state index contributed by atoms with van der Waals surface area (Å²) in [7, 11) is 3.50. The van der Waals surface area contributed by atoms with Gasteiger partial charge in [0.1, 0.15) is 5.75 Å². The maximum absolute atomic E-state index is 5.22. The minimum atomic E-state index is 0.479. The van der Waals surface area contributed by atoms with Crippen LogP contribution in [-0.4, -0.2) is 38.2 Å². The Morgan fingerprint density at radius 3 is 2.52 bits per heavy atom. The molecule has 0 saturated carbocycles. The molecule has 5 nitrogen and oxygen atoms in total. The summed E-state index contributed by atoms with van der Waals surface area (Å²) in [6, 6.07) is 8.31. The lowest BCUT2D eigenvalue weighted by molar-refractivity contribution is 0.414. The van der Waals surface area contributed by atoms with Crippen LogP contribution in [0.5, 0.6) is 5.75 Å². The highest BCUT2D eigenvalue weighted by atomic mass is 32.1. The number of nitrogens with zero attached hydrogens (tertiary/aromatic N) is 2. The lowest BCUT2D eigenvalue weighted by Crippen LogP contribution is -2.39. The molecule has 2 rings (SSSR count). The molecule has 1 heterocycles. The van der Waals surface area contributed by atoms with E-state index in [1.807, 2.05) is 19.2 Å². The molecule has 0 amide bonds. The maximum atomic E-state index is 5.22. The Morgan fingerprint density at radius 1 is 1.22 bits per heavy atom. The molecule has 1 unspecified atom stereocenters. The van der Waals surface area contributed by atoms with E-state index in [2.05, 4.69) is 48.5 Å². The molecule has 0 aliphatic carbocycles. The minimum absolute atomic E-state index is 0.479. The van der Waals surface area contributed by atoms with E-state index in [0.29, 0.717) is 5.92 Å². The zero-order valence-corrected chi connectivity index (χ0v) is 17.9. The molecule has 27 heavy (non-hydrogen) atoms. The third kappa shape index (κ3) is 6.54. The maximum Gasteiger partial charge on any atom is 0.190 e. The van der Waals surface area contributed by atoms with Gasteiger partial charge in [-0.3, -0.25) is 4.99 Å². The van der Waals surface area contributed by atoms with Crippen LogP contribution in [0.15, 0.2) is 29.3 Å². The SMILES string of the molecule is CCc1nc(CCNC(=NC)NCCC(C)c2ccc(OC)cc2)sc1C. The predicted octanol–water partition coefficient (Wildman–Crippen LogP) is 3.92. The Hall–Kier alpha value is -2.08. The van der Waals surface area contributed by atoms with Crippen molar-refractivity contribution in [2.75, 3.05) is 27.2 Å². The Morgan fingerprint density at radius 2 is 1.93 bits per heavy atom. The lowest BCUT2D eigenvalue weighted by Gasteiger charge is -2.15. The number of benzene rings is 1. The van der Waals surface area contributed by atoms with Gasteiger partial charge in [-0.25, -0.2) is 4.98 Å². The number of aryl methyl sites for hydroxylation is 2. The average Bonchev–Trinajstić information content (AvgIpc) is 3.06. The summed E-state index contributed by atoms with van der Waals surface area (Å²) in [5.41, 5.74) is 2.55. The van der Waals surface area contributed by atoms with Gasteiger partial charge < -0.3 is 15.4 Å². The first-order valence-electron chi connectivity index (χ1n) is 9.61. The minimum Gasteiger partial charge on any atom is -0.497 e. The standard InChI is InChI=1S/C21H32N4OS/c1-6-19-16(3)27-20(25-19)12-14-24-21(22-4)23-13-11-15(2)17-7-9-18(26-5)10-8-17/h7-10,15H,6,11-14H2,1-5H3,(H2,22,23,24). The fraction of sp³-hybridized carbons (Fsp3) is 0.524. The number of aliphatic imine (C=N–C) groups is 1. The number of nitrogens with one attached hydrogen (secondary N) is 2. The number of ether oxygens (including phenoxy) is 1. The van der Waals surface area contributed by atoms with Crippen molar-refractivity contribution in [1.29, 1.82) is 0 Å². The van der Waals surface area contributed by atoms with Crippen LogP contribution in [-0.2, 0) is 12.8 Å². The van der Waals surface area contributed by atoms with Crippen molar-refractivity contribution < 1.29 is 4.74 Å². The largest absolute Gasteiger partial charge is 0.497 e. The summed E-state index contributed by atoms with van der Waals surface area (Å²) in [5, 5.41) is 7.98. The second-order valence-electron chi connectivity index (χ2n) is 6.60. The van der Waals surface area contributed by atoms with Gasteiger partial charge in [0, 0.05) is 31.4 Å². The topological polar surface area (TPSA) is 58.5 Å². The fourth-order valence-electron chi connectivity index (χ4n) is 2.94. The van der Waals surface area contributed by atoms with E-state index in [1.54, 1.807) is 18.4 Å². The van der Waals surface area contributed by atoms with Crippen molar-refractivity contribution in [2.45, 2.75) is 46.0 Å². The first-order valence-corrected chi connectivity index (χ1v) is 10.4. The summed E-state index contributed by atoms with van der Waals surface area (Å²) in [4.78, 5) is 10.3. The molecule has 0 aliphatic rings. The van der Waals surface area contributed by atoms with Crippen LogP contribution < -0.4 is 15.4 Å². The summed E-state index contributed by atoms with van der Waals surface area (Å²) in [6.45, 7) is 8.27. The average molecular weight is 389 g/mol. The van der Waals surface area contributed by atoms with Crippen LogP contribution in [0.3, 0.4) is 0 Å². The summed E-state index contributed by atoms with van der Waals surface area (Å²) < 4.78 is 5.22. The summed E-state index contributed by atoms with van der Waals surface area (Å²) in [6.07, 6.45) is 2.97. The molecule has 0 saturated heterocycles. The molecule has 2 aromatic rings. The smallest absolute Gasteiger partial charge is 0.190 e. The van der Waals surface area contributed by atoms with Gasteiger partial charge in [0.15, 0.2) is 5.96 Å². The van der Waals surface area contributed by atoms with E-state index in [1.165, 1.54) is 21.1 Å². The van der Waals surface area contributed by atoms with E-state index in [-0.39, 0.29) is 0 Å². The second-order valence-corrected chi connectivity index (χ2v) is 7.89. The number of aromatic nitrogens is 1. The molecule has 1 aromatic heterocycles. The van der Waals surface area contributed by atoms with E-state index < -0.39 is 0 Å². The van der Waals surface area contributed by atoms with Gasteiger partial charge in [-0.15, -0.1) is 11.3 Å². The lowest BCUT2D eigenvalue weighted by atomic mass is 9.98. The highest BCUT2D eigenvalue weighted by Crippen LogP contribution is 2.21. The molecule has 1 aromatic carbocycles. The van der Waals surface area contributed by atoms with Crippen LogP contribution in [0.4, 0.5) is 0 Å². The molecular formula is C21H32N4OS. The van der Waals surface area contributed by atoms with Crippen molar-refractivity contribution in [3.8, 4) is 5.75 Å². The van der Waals surface area contributed by atoms with Crippen LogP contribution >= 0.6 is 11.3 Å². The molecule has 0 aliphatic heterocycles. The molecule has 0 bridgehead atoms. The molecule has 0 radical (unpaired) electrons. The summed E-state index contributed by atoms with van der Waals surface area (Å²) >= 11 is 1.80. The van der Waals surface area contributed by atoms with Crippen molar-refractivity contribution in [1.82, 2.24) is 15.6 Å². The molecule has 148 valence electrons. The number of rotatable bonds is 9. The van der Waals surface area contributed by atoms with Crippen LogP contribution in [0, 0.1) is 6.92 Å². The number of hydrogen-bond donors (Lipinski definition) is 2. The van der Waals surface area contributed by atoms with Gasteiger partial charge in [-0.05, 0) is 43.4 Å². The van der Waals surface area contributed by atoms with Gasteiger partial charge in [0.25, 0.3) is 0 Å². The van der Waals surface area contributed by atoms with Crippen molar-refractivity contribution in [3.63, 3.8) is 0 Å². The Labute approximate surface area is 167 Å². The molecule has 0 spiro atoms. The normalized spacial score (nSPS) is 12.7. The summed E-state index contributed by atoms with van der Waals surface area (Å²) in [5.74, 6) is 2.23. The molecule has 0 fully saturated rings. The number of guanidine groups is 1. The zero-order chi connectivity index (χ0) is 19.6. The third-order valence-corrected chi connectivity index (χ3v) is 5.75. The zero-order valence-electron chi connectivity index (χ0n) is 17.1. The predicted molar refractivity (Wildman–Crippen MR) is 115 cm³/mol. The van der Waals surface area contributed by atoms with Crippen LogP contribution in [0.25, 0.3) is 0 Å². The Balaban J connectivity index is 1.71. The third-order valence-electron chi connectivity index (χ3n) is 4.68. The fourth-order valence-corrected chi connectivity index (χ4v) is 3.96. The van der Waals surface area contributed by atoms with Crippen LogP contribution in [0.2, 0.25) is 0 Å². The van der Waals surface area contributed by atoms with Gasteiger partial charge >= 0.3 is 0 Å². The van der Waals surface area contributed by atoms with Gasteiger partial charge in [0.2, 0.25) is 0 Å². The second kappa shape index (κ2) is 10.9. The van der Waals surface area contributed by atoms with Crippen molar-refractivity contribution in [3.05, 3.63) is 45.4 Å². The van der Waals surface area contributed by atoms with E-state index in [0.717, 1.165) is 44.1 Å². The first-order chi connectivity index (χ1) is 13.1. The van der Waals surface area contributed by atoms with Gasteiger partial charge in [-0.1, -0.05) is 26.0 Å². The Kier molecular flexibility index (Phi) is 8.58. The van der Waals surface area contributed by atoms with Crippen molar-refractivity contribution in [2.24, 2.45) is 4.99 Å². The first kappa shape index (κ1) is 21.2. The van der Waals surface area contributed by atoms with E-state index >= 15 is 0 Å². The quantitative estimate of drug-likeness (QED) is 0.505. The number of thiazole rings is 1. The number of hydrogen-bond acceptors (Lipinski definition) is 4. The van der Waals surface area contributed by atoms with Crippen molar-refractivity contribution >= 4 is 17.3 Å².